The van der Waals surface area contributed by atoms with E-state index in [1.807, 2.05) is 24.3 Å². The molecule has 0 radical (unpaired) electrons. The highest BCUT2D eigenvalue weighted by molar-refractivity contribution is 5.93. The zero-order chi connectivity index (χ0) is 19.6. The zero-order valence-corrected chi connectivity index (χ0v) is 15.0. The molecule has 2 aromatic carbocycles. The molecule has 8 heteroatoms. The average Bonchev–Trinajstić information content (AvgIpc) is 2.66. The number of para-hydroxylation sites is 2. The Labute approximate surface area is 157 Å². The Morgan fingerprint density at radius 1 is 1.19 bits per heavy atom. The van der Waals surface area contributed by atoms with Crippen LogP contribution in [-0.2, 0) is 9.59 Å². The molecule has 0 aliphatic carbocycles. The van der Waals surface area contributed by atoms with Crippen LogP contribution in [0.4, 0.5) is 11.4 Å². The van der Waals surface area contributed by atoms with E-state index >= 15 is 0 Å². The van der Waals surface area contributed by atoms with Gasteiger partial charge in [-0.2, -0.15) is 0 Å². The number of carboxylic acids is 1. The number of rotatable bonds is 10. The maximum absolute atomic E-state index is 12.0. The van der Waals surface area contributed by atoms with Crippen molar-refractivity contribution in [3.05, 3.63) is 48.5 Å². The lowest BCUT2D eigenvalue weighted by Gasteiger charge is -2.17. The van der Waals surface area contributed by atoms with Crippen LogP contribution < -0.4 is 25.8 Å². The standard InChI is InChI=1S/C19H23N3O5/c1-27-17-5-3-2-4-15(17)20-10-11-21-16(19(25)26)12-18(24)22-13-6-8-14(23)9-7-13/h2-9,16,20-21,23H,10-12H2,1H3,(H,22,24)(H,25,26)/t16-/m1/s1. The van der Waals surface area contributed by atoms with Gasteiger partial charge in [0.2, 0.25) is 5.91 Å². The van der Waals surface area contributed by atoms with E-state index in [2.05, 4.69) is 10.6 Å². The second kappa shape index (κ2) is 10.0. The number of carbonyl (C=O) groups is 2. The van der Waals surface area contributed by atoms with Crippen LogP contribution >= 0.6 is 0 Å². The highest BCUT2D eigenvalue weighted by Crippen LogP contribution is 2.22. The Balaban J connectivity index is 1.80. The van der Waals surface area contributed by atoms with Crippen molar-refractivity contribution >= 4 is 23.3 Å². The fourth-order valence-corrected chi connectivity index (χ4v) is 2.50. The number of carbonyl (C=O) groups excluding carboxylic acids is 2. The van der Waals surface area contributed by atoms with Crippen LogP contribution in [-0.4, -0.2) is 43.2 Å². The molecule has 0 saturated carbocycles. The summed E-state index contributed by atoms with van der Waals surface area (Å²) in [7, 11) is 1.57. The Morgan fingerprint density at radius 2 is 1.89 bits per heavy atom. The van der Waals surface area contributed by atoms with Crippen LogP contribution in [0, 0.1) is 0 Å². The quantitative estimate of drug-likeness (QED) is 0.329. The lowest BCUT2D eigenvalue weighted by molar-refractivity contribution is -0.680. The van der Waals surface area contributed by atoms with E-state index in [4.69, 9.17) is 4.74 Å². The molecule has 0 aliphatic rings. The molecule has 0 aromatic heterocycles. The van der Waals surface area contributed by atoms with E-state index in [9.17, 15) is 19.8 Å². The summed E-state index contributed by atoms with van der Waals surface area (Å²) in [4.78, 5) is 23.3. The number of carboxylic acid groups (broad SMARTS) is 1. The van der Waals surface area contributed by atoms with Crippen LogP contribution in [0.25, 0.3) is 0 Å². The largest absolute Gasteiger partial charge is 0.544 e. The molecule has 27 heavy (non-hydrogen) atoms. The number of phenols is 1. The minimum absolute atomic E-state index is 0.0801. The zero-order valence-electron chi connectivity index (χ0n) is 15.0. The number of hydrogen-bond donors (Lipinski definition) is 4. The number of ether oxygens (including phenoxy) is 1. The smallest absolute Gasteiger partial charge is 0.230 e. The molecule has 1 atom stereocenters. The number of quaternary nitrogens is 1. The first-order chi connectivity index (χ1) is 13.0. The van der Waals surface area contributed by atoms with Crippen molar-refractivity contribution < 1.29 is 29.9 Å². The van der Waals surface area contributed by atoms with Crippen molar-refractivity contribution in [2.75, 3.05) is 30.8 Å². The fraction of sp³-hybridized carbons (Fsp3) is 0.263. The highest BCUT2D eigenvalue weighted by Gasteiger charge is 2.18. The van der Waals surface area contributed by atoms with Crippen LogP contribution in [0.15, 0.2) is 48.5 Å². The number of phenolic OH excluding ortho intramolecular Hbond substituents is 1. The van der Waals surface area contributed by atoms with Crippen molar-refractivity contribution in [3.63, 3.8) is 0 Å². The lowest BCUT2D eigenvalue weighted by atomic mass is 10.2. The molecule has 0 bridgehead atoms. The van der Waals surface area contributed by atoms with Crippen molar-refractivity contribution in [2.24, 2.45) is 0 Å². The lowest BCUT2D eigenvalue weighted by Crippen LogP contribution is -2.94. The molecular weight excluding hydrogens is 350 g/mol. The number of nitrogens with two attached hydrogens (primary N) is 1. The SMILES string of the molecule is COc1ccccc1NCC[NH2+][C@H](CC(=O)Nc1ccc(O)cc1)C(=O)[O-]. The van der Waals surface area contributed by atoms with Crippen LogP contribution in [0.1, 0.15) is 6.42 Å². The summed E-state index contributed by atoms with van der Waals surface area (Å²) in [5.41, 5.74) is 1.29. The van der Waals surface area contributed by atoms with Gasteiger partial charge in [0.1, 0.15) is 17.5 Å². The van der Waals surface area contributed by atoms with Gasteiger partial charge >= 0.3 is 0 Å². The van der Waals surface area contributed by atoms with E-state index in [1.54, 1.807) is 12.4 Å². The summed E-state index contributed by atoms with van der Waals surface area (Å²) in [5, 5.41) is 27.8. The van der Waals surface area contributed by atoms with Gasteiger partial charge in [-0.25, -0.2) is 0 Å². The number of hydrogen-bond acceptors (Lipinski definition) is 6. The molecular formula is C19H23N3O5. The molecule has 1 amide bonds. The Kier molecular flexibility index (Phi) is 7.45. The van der Waals surface area contributed by atoms with E-state index in [0.29, 0.717) is 24.5 Å². The molecule has 2 aromatic rings. The van der Waals surface area contributed by atoms with E-state index in [-0.39, 0.29) is 12.2 Å². The first-order valence-corrected chi connectivity index (χ1v) is 8.49. The third-order valence-electron chi connectivity index (χ3n) is 3.88. The van der Waals surface area contributed by atoms with Crippen molar-refractivity contribution in [1.29, 1.82) is 0 Å². The van der Waals surface area contributed by atoms with Gasteiger partial charge in [-0.1, -0.05) is 12.1 Å². The minimum Gasteiger partial charge on any atom is -0.544 e. The molecule has 5 N–H and O–H groups in total. The second-order valence-electron chi connectivity index (χ2n) is 5.88. The topological polar surface area (TPSA) is 127 Å². The fourth-order valence-electron chi connectivity index (χ4n) is 2.50. The van der Waals surface area contributed by atoms with E-state index < -0.39 is 17.9 Å². The molecule has 0 unspecified atom stereocenters. The molecule has 0 heterocycles. The summed E-state index contributed by atoms with van der Waals surface area (Å²) < 4.78 is 5.23. The summed E-state index contributed by atoms with van der Waals surface area (Å²) in [6, 6.07) is 12.3. The third-order valence-corrected chi connectivity index (χ3v) is 3.88. The highest BCUT2D eigenvalue weighted by atomic mass is 16.5. The van der Waals surface area contributed by atoms with Crippen LogP contribution in [0.2, 0.25) is 0 Å². The van der Waals surface area contributed by atoms with Crippen molar-refractivity contribution in [3.8, 4) is 11.5 Å². The first kappa shape index (κ1) is 20.1. The van der Waals surface area contributed by atoms with Gasteiger partial charge in [0.15, 0.2) is 0 Å². The molecule has 8 nitrogen and oxygen atoms in total. The van der Waals surface area contributed by atoms with Crippen molar-refractivity contribution in [1.82, 2.24) is 0 Å². The molecule has 0 spiro atoms. The third kappa shape index (κ3) is 6.52. The molecule has 144 valence electrons. The van der Waals surface area contributed by atoms with Gasteiger partial charge in [0.25, 0.3) is 0 Å². The Morgan fingerprint density at radius 3 is 2.56 bits per heavy atom. The number of methoxy groups -OCH3 is 1. The maximum Gasteiger partial charge on any atom is 0.230 e. The number of aromatic hydroxyl groups is 1. The van der Waals surface area contributed by atoms with Gasteiger partial charge in [0, 0.05) is 5.69 Å². The number of benzene rings is 2. The number of anilines is 2. The Hall–Kier alpha value is -3.26. The first-order valence-electron chi connectivity index (χ1n) is 8.49. The number of aliphatic carboxylic acids is 1. The van der Waals surface area contributed by atoms with Gasteiger partial charge in [-0.15, -0.1) is 0 Å². The molecule has 0 fully saturated rings. The molecule has 0 aliphatic heterocycles. The van der Waals surface area contributed by atoms with Gasteiger partial charge < -0.3 is 35.7 Å². The summed E-state index contributed by atoms with van der Waals surface area (Å²) in [6.45, 7) is 0.924. The van der Waals surface area contributed by atoms with Gasteiger partial charge in [-0.3, -0.25) is 4.79 Å². The minimum atomic E-state index is -1.30. The second-order valence-corrected chi connectivity index (χ2v) is 5.88. The van der Waals surface area contributed by atoms with Gasteiger partial charge in [0.05, 0.1) is 38.3 Å². The van der Waals surface area contributed by atoms with Crippen molar-refractivity contribution in [2.45, 2.75) is 12.5 Å². The van der Waals surface area contributed by atoms with Crippen LogP contribution in [0.5, 0.6) is 11.5 Å². The molecule has 2 rings (SSSR count). The predicted octanol–water partition coefficient (Wildman–Crippen LogP) is -0.477. The average molecular weight is 373 g/mol. The monoisotopic (exact) mass is 373 g/mol. The number of amides is 1. The summed E-state index contributed by atoms with van der Waals surface area (Å²) in [6.07, 6.45) is -0.224. The molecule has 0 saturated heterocycles. The van der Waals surface area contributed by atoms with E-state index in [1.165, 1.54) is 24.3 Å². The predicted molar refractivity (Wildman–Crippen MR) is 98.4 cm³/mol. The van der Waals surface area contributed by atoms with Gasteiger partial charge in [-0.05, 0) is 36.4 Å². The summed E-state index contributed by atoms with van der Waals surface area (Å²) >= 11 is 0. The van der Waals surface area contributed by atoms with Crippen LogP contribution in [0.3, 0.4) is 0 Å². The van der Waals surface area contributed by atoms with E-state index in [0.717, 1.165) is 5.69 Å². The summed E-state index contributed by atoms with van der Waals surface area (Å²) in [5.74, 6) is -0.962. The Bertz CT molecular complexity index is 764. The normalized spacial score (nSPS) is 11.4. The number of nitrogens with one attached hydrogen (secondary N) is 2. The maximum atomic E-state index is 12.0.